The second-order valence-corrected chi connectivity index (χ2v) is 8.02. The number of piperidine rings is 2. The van der Waals surface area contributed by atoms with Gasteiger partial charge in [-0.1, -0.05) is 0 Å². The summed E-state index contributed by atoms with van der Waals surface area (Å²) in [7, 11) is 0. The lowest BCUT2D eigenvalue weighted by Crippen LogP contribution is -2.47. The van der Waals surface area contributed by atoms with Gasteiger partial charge in [0.25, 0.3) is 0 Å². The number of hydrogen-bond acceptors (Lipinski definition) is 4. The highest BCUT2D eigenvalue weighted by atomic mass is 16.2. The summed E-state index contributed by atoms with van der Waals surface area (Å²) in [5.74, 6) is 0.800. The molecule has 0 saturated carbocycles. The van der Waals surface area contributed by atoms with E-state index in [1.54, 1.807) is 0 Å². The molecule has 0 N–H and O–H groups in total. The van der Waals surface area contributed by atoms with Crippen LogP contribution in [-0.2, 0) is 16.1 Å². The number of carbonyl (C=O) groups excluding carboxylic acids is 2. The Hall–Kier alpha value is -1.95. The minimum Gasteiger partial charge on any atom is -0.343 e. The molecule has 1 aromatic heterocycles. The Morgan fingerprint density at radius 2 is 1.54 bits per heavy atom. The van der Waals surface area contributed by atoms with Crippen molar-refractivity contribution in [3.05, 3.63) is 30.1 Å². The van der Waals surface area contributed by atoms with Gasteiger partial charge in [0, 0.05) is 57.0 Å². The fraction of sp³-hybridized carbons (Fsp3) is 0.682. The summed E-state index contributed by atoms with van der Waals surface area (Å²) < 4.78 is 0. The third-order valence-electron chi connectivity index (χ3n) is 6.32. The zero-order valence-electron chi connectivity index (χ0n) is 17.3. The van der Waals surface area contributed by atoms with Gasteiger partial charge in [-0.2, -0.15) is 0 Å². The van der Waals surface area contributed by atoms with Gasteiger partial charge in [-0.15, -0.1) is 0 Å². The number of amides is 2. The number of pyridine rings is 1. The van der Waals surface area contributed by atoms with Crippen LogP contribution in [-0.4, -0.2) is 70.8 Å². The lowest BCUT2D eigenvalue weighted by Gasteiger charge is -2.37. The van der Waals surface area contributed by atoms with Crippen LogP contribution in [0.25, 0.3) is 0 Å². The first-order valence-corrected chi connectivity index (χ1v) is 10.8. The predicted molar refractivity (Wildman–Crippen MR) is 109 cm³/mol. The molecular weight excluding hydrogens is 352 g/mol. The number of carbonyl (C=O) groups is 2. The molecule has 2 amide bonds. The van der Waals surface area contributed by atoms with Crippen LogP contribution in [0.1, 0.15) is 45.1 Å². The third-order valence-corrected chi connectivity index (χ3v) is 6.32. The van der Waals surface area contributed by atoms with Crippen molar-refractivity contribution in [2.75, 3.05) is 39.3 Å². The average molecular weight is 387 g/mol. The van der Waals surface area contributed by atoms with Crippen LogP contribution in [0, 0.1) is 11.8 Å². The van der Waals surface area contributed by atoms with E-state index in [0.29, 0.717) is 5.91 Å². The maximum absolute atomic E-state index is 12.9. The van der Waals surface area contributed by atoms with Crippen molar-refractivity contribution in [1.29, 1.82) is 0 Å². The molecule has 28 heavy (non-hydrogen) atoms. The summed E-state index contributed by atoms with van der Waals surface area (Å²) in [5.41, 5.74) is 1.28. The molecular formula is C22H34N4O2. The lowest BCUT2D eigenvalue weighted by molar-refractivity contribution is -0.143. The molecule has 2 saturated heterocycles. The molecule has 6 nitrogen and oxygen atoms in total. The van der Waals surface area contributed by atoms with E-state index in [2.05, 4.69) is 22.0 Å². The van der Waals surface area contributed by atoms with Crippen molar-refractivity contribution < 1.29 is 9.59 Å². The SMILES string of the molecule is CCN(CC)C(=O)C1CCN(C(=O)C2CCN(Cc3ccncc3)CC2)CC1. The van der Waals surface area contributed by atoms with Crippen molar-refractivity contribution in [1.82, 2.24) is 19.7 Å². The molecule has 2 fully saturated rings. The zero-order chi connectivity index (χ0) is 19.9. The van der Waals surface area contributed by atoms with Crippen molar-refractivity contribution in [2.24, 2.45) is 11.8 Å². The highest BCUT2D eigenvalue weighted by molar-refractivity contribution is 5.81. The van der Waals surface area contributed by atoms with Gasteiger partial charge in [0.15, 0.2) is 0 Å². The number of nitrogens with zero attached hydrogens (tertiary/aromatic N) is 4. The fourth-order valence-corrected chi connectivity index (χ4v) is 4.48. The Kier molecular flexibility index (Phi) is 7.43. The first kappa shape index (κ1) is 20.8. The number of aromatic nitrogens is 1. The van der Waals surface area contributed by atoms with Gasteiger partial charge in [0.1, 0.15) is 0 Å². The number of hydrogen-bond donors (Lipinski definition) is 0. The molecule has 3 rings (SSSR count). The van der Waals surface area contributed by atoms with Gasteiger partial charge < -0.3 is 9.80 Å². The minimum atomic E-state index is 0.0890. The molecule has 0 unspecified atom stereocenters. The molecule has 1 aromatic rings. The van der Waals surface area contributed by atoms with Crippen LogP contribution in [0.2, 0.25) is 0 Å². The molecule has 154 valence electrons. The standard InChI is InChI=1S/C22H34N4O2/c1-3-25(4-2)21(27)20-9-15-26(16-10-20)22(28)19-7-13-24(14-8-19)17-18-5-11-23-12-6-18/h5-6,11-12,19-20H,3-4,7-10,13-17H2,1-2H3. The monoisotopic (exact) mass is 386 g/mol. The summed E-state index contributed by atoms with van der Waals surface area (Å²) in [4.78, 5) is 35.9. The summed E-state index contributed by atoms with van der Waals surface area (Å²) in [6, 6.07) is 4.11. The maximum atomic E-state index is 12.9. The van der Waals surface area contributed by atoms with Gasteiger partial charge >= 0.3 is 0 Å². The summed E-state index contributed by atoms with van der Waals surface area (Å²) >= 11 is 0. The Labute approximate surface area is 168 Å². The Balaban J connectivity index is 1.43. The molecule has 3 heterocycles. The quantitative estimate of drug-likeness (QED) is 0.753. The summed E-state index contributed by atoms with van der Waals surface area (Å²) in [6.45, 7) is 9.93. The lowest BCUT2D eigenvalue weighted by atomic mass is 9.91. The average Bonchev–Trinajstić information content (AvgIpc) is 2.75. The first-order valence-electron chi connectivity index (χ1n) is 10.8. The molecule has 0 aromatic carbocycles. The van der Waals surface area contributed by atoms with E-state index >= 15 is 0 Å². The molecule has 2 aliphatic rings. The van der Waals surface area contributed by atoms with Crippen LogP contribution in [0.15, 0.2) is 24.5 Å². The topological polar surface area (TPSA) is 56.8 Å². The van der Waals surface area contributed by atoms with Crippen molar-refractivity contribution in [2.45, 2.75) is 46.1 Å². The van der Waals surface area contributed by atoms with E-state index < -0.39 is 0 Å². The number of rotatable bonds is 6. The number of likely N-dealkylation sites (tertiary alicyclic amines) is 2. The summed E-state index contributed by atoms with van der Waals surface area (Å²) in [6.07, 6.45) is 7.15. The smallest absolute Gasteiger partial charge is 0.225 e. The normalized spacial score (nSPS) is 19.6. The van der Waals surface area contributed by atoms with E-state index in [0.717, 1.165) is 71.5 Å². The second kappa shape index (κ2) is 10.0. The fourth-order valence-electron chi connectivity index (χ4n) is 4.48. The van der Waals surface area contributed by atoms with E-state index in [1.165, 1.54) is 5.56 Å². The van der Waals surface area contributed by atoms with Crippen LogP contribution < -0.4 is 0 Å². The van der Waals surface area contributed by atoms with Crippen molar-refractivity contribution in [3.63, 3.8) is 0 Å². The highest BCUT2D eigenvalue weighted by Gasteiger charge is 2.33. The molecule has 0 aliphatic carbocycles. The highest BCUT2D eigenvalue weighted by Crippen LogP contribution is 2.25. The van der Waals surface area contributed by atoms with Gasteiger partial charge in [-0.05, 0) is 70.3 Å². The third kappa shape index (κ3) is 5.10. The van der Waals surface area contributed by atoms with E-state index in [9.17, 15) is 9.59 Å². The first-order chi connectivity index (χ1) is 13.6. The van der Waals surface area contributed by atoms with Gasteiger partial charge in [-0.25, -0.2) is 0 Å². The van der Waals surface area contributed by atoms with Crippen LogP contribution in [0.3, 0.4) is 0 Å². The Morgan fingerprint density at radius 1 is 0.964 bits per heavy atom. The molecule has 0 radical (unpaired) electrons. The Morgan fingerprint density at radius 3 is 2.11 bits per heavy atom. The second-order valence-electron chi connectivity index (χ2n) is 8.02. The van der Waals surface area contributed by atoms with Gasteiger partial charge in [0.2, 0.25) is 11.8 Å². The molecule has 0 atom stereocenters. The summed E-state index contributed by atoms with van der Waals surface area (Å²) in [5, 5.41) is 0. The Bertz CT molecular complexity index is 631. The molecule has 0 bridgehead atoms. The van der Waals surface area contributed by atoms with Gasteiger partial charge in [-0.3, -0.25) is 19.5 Å². The largest absolute Gasteiger partial charge is 0.343 e. The maximum Gasteiger partial charge on any atom is 0.225 e. The van der Waals surface area contributed by atoms with Crippen LogP contribution in [0.4, 0.5) is 0 Å². The van der Waals surface area contributed by atoms with Crippen LogP contribution >= 0.6 is 0 Å². The minimum absolute atomic E-state index is 0.0890. The van der Waals surface area contributed by atoms with E-state index in [-0.39, 0.29) is 17.7 Å². The van der Waals surface area contributed by atoms with Gasteiger partial charge in [0.05, 0.1) is 0 Å². The molecule has 2 aliphatic heterocycles. The van der Waals surface area contributed by atoms with E-state index in [4.69, 9.17) is 0 Å². The van der Waals surface area contributed by atoms with E-state index in [1.807, 2.05) is 36.0 Å². The van der Waals surface area contributed by atoms with Crippen molar-refractivity contribution in [3.8, 4) is 0 Å². The molecule has 6 heteroatoms. The van der Waals surface area contributed by atoms with Crippen molar-refractivity contribution >= 4 is 11.8 Å². The van der Waals surface area contributed by atoms with Crippen LogP contribution in [0.5, 0.6) is 0 Å². The predicted octanol–water partition coefficient (Wildman–Crippen LogP) is 2.40. The molecule has 0 spiro atoms. The zero-order valence-corrected chi connectivity index (χ0v) is 17.3.